The van der Waals surface area contributed by atoms with Crippen molar-refractivity contribution in [3.8, 4) is 0 Å². The highest BCUT2D eigenvalue weighted by molar-refractivity contribution is 5.69. The van der Waals surface area contributed by atoms with E-state index in [9.17, 15) is 38.4 Å². The van der Waals surface area contributed by atoms with Crippen LogP contribution in [0, 0.1) is 0 Å². The molecule has 0 N–H and O–H groups in total. The van der Waals surface area contributed by atoms with E-state index in [1.54, 1.807) is 0 Å². The van der Waals surface area contributed by atoms with Gasteiger partial charge in [-0.25, -0.2) is 0 Å². The lowest BCUT2D eigenvalue weighted by atomic mass is 9.96. The Morgan fingerprint density at radius 1 is 0.383 bits per heavy atom. The molecule has 264 valence electrons. The maximum Gasteiger partial charge on any atom is 0.305 e. The molecule has 0 spiro atoms. The number of rotatable bonds is 12. The molecule has 19 nitrogen and oxygen atoms in total. The molecule has 0 aromatic heterocycles. The zero-order valence-electron chi connectivity index (χ0n) is 26.9. The molecule has 2 rings (SSSR count). The second-order valence-electron chi connectivity index (χ2n) is 10.3. The third-order valence-electron chi connectivity index (χ3n) is 6.17. The number of esters is 8. The zero-order valence-corrected chi connectivity index (χ0v) is 26.9. The Balaban J connectivity index is 2.72. The molecule has 2 fully saturated rings. The Kier molecular flexibility index (Phi) is 14.5. The average molecular weight is 679 g/mol. The lowest BCUT2D eigenvalue weighted by Gasteiger charge is -2.48. The maximum absolute atomic E-state index is 12.3. The summed E-state index contributed by atoms with van der Waals surface area (Å²) < 4.78 is 60.2. The maximum atomic E-state index is 12.3. The largest absolute Gasteiger partial charge is 0.463 e. The summed E-state index contributed by atoms with van der Waals surface area (Å²) in [7, 11) is 0. The number of hydrogen-bond acceptors (Lipinski definition) is 19. The molecule has 0 aromatic carbocycles. The summed E-state index contributed by atoms with van der Waals surface area (Å²) in [6, 6.07) is 0. The van der Waals surface area contributed by atoms with E-state index in [0.29, 0.717) is 0 Å². The lowest BCUT2D eigenvalue weighted by molar-refractivity contribution is -0.363. The van der Waals surface area contributed by atoms with Crippen LogP contribution in [0.3, 0.4) is 0 Å². The fourth-order valence-corrected chi connectivity index (χ4v) is 4.73. The van der Waals surface area contributed by atoms with Crippen LogP contribution in [0.1, 0.15) is 55.4 Å². The van der Waals surface area contributed by atoms with E-state index in [0.717, 1.165) is 55.4 Å². The third-order valence-corrected chi connectivity index (χ3v) is 6.17. The van der Waals surface area contributed by atoms with Crippen molar-refractivity contribution in [2.75, 3.05) is 13.2 Å². The molecule has 6 unspecified atom stereocenters. The Labute approximate surface area is 268 Å². The first kappa shape index (κ1) is 38.8. The van der Waals surface area contributed by atoms with E-state index in [4.69, 9.17) is 52.1 Å². The second kappa shape index (κ2) is 17.5. The normalized spacial score (nSPS) is 30.0. The van der Waals surface area contributed by atoms with Crippen LogP contribution in [0.25, 0.3) is 0 Å². The van der Waals surface area contributed by atoms with Crippen LogP contribution in [0.15, 0.2) is 0 Å². The Morgan fingerprint density at radius 2 is 0.702 bits per heavy atom. The van der Waals surface area contributed by atoms with Crippen LogP contribution in [0.2, 0.25) is 0 Å². The van der Waals surface area contributed by atoms with Gasteiger partial charge in [-0.15, -0.1) is 0 Å². The molecule has 47 heavy (non-hydrogen) atoms. The van der Waals surface area contributed by atoms with Crippen molar-refractivity contribution in [2.24, 2.45) is 0 Å². The fraction of sp³-hybridized carbons (Fsp3) is 0.714. The molecule has 2 aliphatic rings. The summed E-state index contributed by atoms with van der Waals surface area (Å²) in [6.45, 7) is 7.10. The van der Waals surface area contributed by atoms with Crippen molar-refractivity contribution in [3.63, 3.8) is 0 Å². The Bertz CT molecular complexity index is 1200. The van der Waals surface area contributed by atoms with Crippen LogP contribution < -0.4 is 0 Å². The molecule has 2 aliphatic heterocycles. The monoisotopic (exact) mass is 678 g/mol. The third kappa shape index (κ3) is 12.1. The summed E-state index contributed by atoms with van der Waals surface area (Å²) in [6.07, 6.45) is -16.4. The Morgan fingerprint density at radius 3 is 1.06 bits per heavy atom. The molecule has 2 heterocycles. The quantitative estimate of drug-likeness (QED) is 0.181. The lowest BCUT2D eigenvalue weighted by Crippen LogP contribution is -2.67. The molecular weight excluding hydrogens is 640 g/mol. The fourth-order valence-electron chi connectivity index (χ4n) is 4.73. The zero-order chi connectivity index (χ0) is 35.6. The molecule has 10 atom stereocenters. The van der Waals surface area contributed by atoms with Gasteiger partial charge in [0.2, 0.25) is 6.29 Å². The number of carbonyl (C=O) groups is 8. The van der Waals surface area contributed by atoms with Gasteiger partial charge in [0.15, 0.2) is 42.9 Å². The van der Waals surface area contributed by atoms with Crippen LogP contribution >= 0.6 is 0 Å². The van der Waals surface area contributed by atoms with Crippen molar-refractivity contribution in [1.29, 1.82) is 0 Å². The highest BCUT2D eigenvalue weighted by Gasteiger charge is 2.58. The predicted molar refractivity (Wildman–Crippen MR) is 145 cm³/mol. The molecule has 2 saturated heterocycles. The van der Waals surface area contributed by atoms with Crippen molar-refractivity contribution in [2.45, 2.75) is 117 Å². The summed E-state index contributed by atoms with van der Waals surface area (Å²) in [5.41, 5.74) is 0. The highest BCUT2D eigenvalue weighted by atomic mass is 16.8. The van der Waals surface area contributed by atoms with Crippen molar-refractivity contribution < 1.29 is 90.5 Å². The minimum Gasteiger partial charge on any atom is -0.463 e. The van der Waals surface area contributed by atoms with E-state index >= 15 is 0 Å². The van der Waals surface area contributed by atoms with Gasteiger partial charge in [-0.1, -0.05) is 0 Å². The smallest absolute Gasteiger partial charge is 0.305 e. The molecule has 0 aliphatic carbocycles. The summed E-state index contributed by atoms with van der Waals surface area (Å²) >= 11 is 0. The molecular formula is C28H38O19. The SMILES string of the molecule is CC(=O)OCC1O[C@@H](OC2C(OC(C)=O)[C@@H](OC(C)=O)C(COC(C)=O)O[C@@H]2OC(C)=O)C(OC(C)=O)C(OC(C)=O)[C@H]1OC(C)=O. The average Bonchev–Trinajstić information content (AvgIpc) is 2.91. The van der Waals surface area contributed by atoms with Gasteiger partial charge in [-0.2, -0.15) is 0 Å². The number of hydrogen-bond donors (Lipinski definition) is 0. The second-order valence-corrected chi connectivity index (χ2v) is 10.3. The highest BCUT2D eigenvalue weighted by Crippen LogP contribution is 2.35. The van der Waals surface area contributed by atoms with Crippen LogP contribution in [0.5, 0.6) is 0 Å². The van der Waals surface area contributed by atoms with Gasteiger partial charge in [-0.05, 0) is 0 Å². The van der Waals surface area contributed by atoms with Gasteiger partial charge in [0.05, 0.1) is 0 Å². The Hall–Kier alpha value is -4.36. The summed E-state index contributed by atoms with van der Waals surface area (Å²) in [5.74, 6) is -7.02. The molecule has 19 heteroatoms. The molecule has 0 aromatic rings. The molecule has 0 saturated carbocycles. The topological polar surface area (TPSA) is 238 Å². The molecule has 0 radical (unpaired) electrons. The number of carbonyl (C=O) groups excluding carboxylic acids is 8. The van der Waals surface area contributed by atoms with Gasteiger partial charge in [-0.3, -0.25) is 38.4 Å². The van der Waals surface area contributed by atoms with Crippen molar-refractivity contribution >= 4 is 47.8 Å². The van der Waals surface area contributed by atoms with Crippen molar-refractivity contribution in [3.05, 3.63) is 0 Å². The van der Waals surface area contributed by atoms with Crippen LogP contribution in [-0.4, -0.2) is 122 Å². The minimum atomic E-state index is -1.86. The van der Waals surface area contributed by atoms with Gasteiger partial charge in [0.1, 0.15) is 25.4 Å². The van der Waals surface area contributed by atoms with Crippen molar-refractivity contribution in [1.82, 2.24) is 0 Å². The standard InChI is InChI=1S/C28H38O19/c1-11(29)37-9-19-22(40-14(4)32)24(42-16(6)34)26(27(45-19)44-18(8)36)47-28-25(43-17(7)35)23(41-15(5)33)21(39-13(3)31)20(46-28)10-38-12(2)30/h19-28H,9-10H2,1-8H3/t19?,20?,21-,22-,23?,24?,25?,26?,27-,28-/m0/s1. The van der Waals surface area contributed by atoms with Gasteiger partial charge in [0, 0.05) is 55.4 Å². The van der Waals surface area contributed by atoms with E-state index < -0.39 is 122 Å². The van der Waals surface area contributed by atoms with E-state index in [2.05, 4.69) is 0 Å². The van der Waals surface area contributed by atoms with Gasteiger partial charge in [0.25, 0.3) is 0 Å². The predicted octanol–water partition coefficient (Wildman–Crippen LogP) is -0.831. The van der Waals surface area contributed by atoms with Crippen LogP contribution in [0.4, 0.5) is 0 Å². The van der Waals surface area contributed by atoms with E-state index in [1.807, 2.05) is 0 Å². The van der Waals surface area contributed by atoms with Crippen LogP contribution in [-0.2, 0) is 90.5 Å². The molecule has 0 amide bonds. The van der Waals surface area contributed by atoms with Gasteiger partial charge < -0.3 is 52.1 Å². The van der Waals surface area contributed by atoms with E-state index in [1.165, 1.54) is 0 Å². The van der Waals surface area contributed by atoms with E-state index in [-0.39, 0.29) is 0 Å². The van der Waals surface area contributed by atoms with Gasteiger partial charge >= 0.3 is 47.8 Å². The first-order chi connectivity index (χ1) is 21.9. The molecule has 0 bridgehead atoms. The first-order valence-electron chi connectivity index (χ1n) is 14.2. The number of ether oxygens (including phenoxy) is 11. The minimum absolute atomic E-state index is 0.561. The summed E-state index contributed by atoms with van der Waals surface area (Å²) in [4.78, 5) is 96.3. The first-order valence-corrected chi connectivity index (χ1v) is 14.2. The summed E-state index contributed by atoms with van der Waals surface area (Å²) in [5, 5.41) is 0.